The second-order valence-corrected chi connectivity index (χ2v) is 6.71. The minimum absolute atomic E-state index is 0.0344. The molecular formula is C17H27FN2O2. The second-order valence-electron chi connectivity index (χ2n) is 6.71. The smallest absolute Gasteiger partial charge is 0.407 e. The summed E-state index contributed by atoms with van der Waals surface area (Å²) in [7, 11) is 0. The third kappa shape index (κ3) is 6.89. The third-order valence-electron chi connectivity index (χ3n) is 3.18. The molecule has 5 heteroatoms. The fourth-order valence-corrected chi connectivity index (χ4v) is 1.93. The first-order valence-electron chi connectivity index (χ1n) is 7.62. The summed E-state index contributed by atoms with van der Waals surface area (Å²) in [6, 6.07) is 6.71. The Morgan fingerprint density at radius 3 is 2.45 bits per heavy atom. The van der Waals surface area contributed by atoms with E-state index < -0.39 is 11.7 Å². The summed E-state index contributed by atoms with van der Waals surface area (Å²) < 4.78 is 18.8. The average molecular weight is 310 g/mol. The summed E-state index contributed by atoms with van der Waals surface area (Å²) in [6.07, 6.45) is -0.439. The van der Waals surface area contributed by atoms with E-state index >= 15 is 0 Å². The predicted octanol–water partition coefficient (Wildman–Crippen LogP) is 3.46. The van der Waals surface area contributed by atoms with Gasteiger partial charge in [-0.1, -0.05) is 32.0 Å². The van der Waals surface area contributed by atoms with E-state index in [1.165, 1.54) is 6.07 Å². The van der Waals surface area contributed by atoms with Gasteiger partial charge in [0.2, 0.25) is 0 Å². The maximum absolute atomic E-state index is 13.6. The van der Waals surface area contributed by atoms with Crippen LogP contribution in [-0.2, 0) is 11.3 Å². The molecule has 0 saturated carbocycles. The first-order valence-corrected chi connectivity index (χ1v) is 7.62. The van der Waals surface area contributed by atoms with Crippen LogP contribution in [-0.4, -0.2) is 24.3 Å². The van der Waals surface area contributed by atoms with Gasteiger partial charge in [-0.25, -0.2) is 9.18 Å². The molecule has 1 unspecified atom stereocenters. The Morgan fingerprint density at radius 1 is 1.27 bits per heavy atom. The number of nitrogens with one attached hydrogen (secondary N) is 2. The van der Waals surface area contributed by atoms with Gasteiger partial charge in [-0.05, 0) is 32.8 Å². The van der Waals surface area contributed by atoms with E-state index in [-0.39, 0.29) is 11.9 Å². The summed E-state index contributed by atoms with van der Waals surface area (Å²) in [5.74, 6) is 0.0688. The zero-order valence-corrected chi connectivity index (χ0v) is 14.1. The van der Waals surface area contributed by atoms with Gasteiger partial charge in [0.25, 0.3) is 0 Å². The maximum Gasteiger partial charge on any atom is 0.407 e. The molecule has 1 atom stereocenters. The van der Waals surface area contributed by atoms with Crippen LogP contribution in [0.5, 0.6) is 0 Å². The Morgan fingerprint density at radius 2 is 1.91 bits per heavy atom. The lowest BCUT2D eigenvalue weighted by Gasteiger charge is -2.25. The highest BCUT2D eigenvalue weighted by Crippen LogP contribution is 2.09. The van der Waals surface area contributed by atoms with Crippen molar-refractivity contribution in [2.45, 2.75) is 52.8 Å². The van der Waals surface area contributed by atoms with Crippen molar-refractivity contribution in [2.24, 2.45) is 5.92 Å². The number of rotatable bonds is 6. The van der Waals surface area contributed by atoms with E-state index in [9.17, 15) is 9.18 Å². The molecule has 0 heterocycles. The Balaban J connectivity index is 2.49. The normalized spacial score (nSPS) is 13.0. The van der Waals surface area contributed by atoms with Gasteiger partial charge in [-0.15, -0.1) is 0 Å². The number of ether oxygens (including phenoxy) is 1. The highest BCUT2D eigenvalue weighted by atomic mass is 19.1. The topological polar surface area (TPSA) is 50.4 Å². The summed E-state index contributed by atoms with van der Waals surface area (Å²) >= 11 is 0. The zero-order chi connectivity index (χ0) is 16.8. The van der Waals surface area contributed by atoms with Gasteiger partial charge in [0.1, 0.15) is 11.4 Å². The van der Waals surface area contributed by atoms with Crippen molar-refractivity contribution >= 4 is 6.09 Å². The fourth-order valence-electron chi connectivity index (χ4n) is 1.93. The van der Waals surface area contributed by atoms with Crippen LogP contribution in [0, 0.1) is 11.7 Å². The number of benzene rings is 1. The summed E-state index contributed by atoms with van der Waals surface area (Å²) in [5, 5.41) is 6.04. The van der Waals surface area contributed by atoms with Crippen LogP contribution in [0.25, 0.3) is 0 Å². The van der Waals surface area contributed by atoms with Gasteiger partial charge < -0.3 is 15.4 Å². The molecule has 4 nitrogen and oxygen atoms in total. The van der Waals surface area contributed by atoms with Crippen molar-refractivity contribution in [1.29, 1.82) is 0 Å². The molecule has 124 valence electrons. The number of alkyl carbamates (subject to hydrolysis) is 1. The average Bonchev–Trinajstić information content (AvgIpc) is 2.38. The molecule has 0 fully saturated rings. The van der Waals surface area contributed by atoms with Crippen molar-refractivity contribution in [3.05, 3.63) is 35.6 Å². The van der Waals surface area contributed by atoms with E-state index in [0.717, 1.165) is 0 Å². The monoisotopic (exact) mass is 310 g/mol. The number of hydrogen-bond donors (Lipinski definition) is 2. The SMILES string of the molecule is CC(C)C(CNC(=O)OC(C)(C)C)NCc1ccccc1F. The molecule has 0 aliphatic carbocycles. The highest BCUT2D eigenvalue weighted by molar-refractivity contribution is 5.67. The Labute approximate surface area is 132 Å². The van der Waals surface area contributed by atoms with Gasteiger partial charge in [0.15, 0.2) is 0 Å². The molecule has 0 aliphatic heterocycles. The van der Waals surface area contributed by atoms with Crippen molar-refractivity contribution < 1.29 is 13.9 Å². The van der Waals surface area contributed by atoms with Crippen LogP contribution in [0.4, 0.5) is 9.18 Å². The molecule has 0 aliphatic rings. The molecule has 0 spiro atoms. The third-order valence-corrected chi connectivity index (χ3v) is 3.18. The van der Waals surface area contributed by atoms with E-state index in [4.69, 9.17) is 4.74 Å². The van der Waals surface area contributed by atoms with Crippen molar-refractivity contribution in [2.75, 3.05) is 6.54 Å². The Kier molecular flexibility index (Phi) is 6.81. The van der Waals surface area contributed by atoms with Gasteiger partial charge in [0, 0.05) is 24.7 Å². The first-order chi connectivity index (χ1) is 10.2. The number of amides is 1. The lowest BCUT2D eigenvalue weighted by Crippen LogP contribution is -2.45. The summed E-state index contributed by atoms with van der Waals surface area (Å²) in [5.41, 5.74) is 0.100. The van der Waals surface area contributed by atoms with Gasteiger partial charge in [0.05, 0.1) is 0 Å². The van der Waals surface area contributed by atoms with Crippen LogP contribution in [0.3, 0.4) is 0 Å². The lowest BCUT2D eigenvalue weighted by atomic mass is 10.0. The predicted molar refractivity (Wildman–Crippen MR) is 86.1 cm³/mol. The Hall–Kier alpha value is -1.62. The van der Waals surface area contributed by atoms with Crippen LogP contribution in [0.2, 0.25) is 0 Å². The lowest BCUT2D eigenvalue weighted by molar-refractivity contribution is 0.0519. The summed E-state index contributed by atoms with van der Waals surface area (Å²) in [6.45, 7) is 10.4. The molecule has 1 amide bonds. The summed E-state index contributed by atoms with van der Waals surface area (Å²) in [4.78, 5) is 11.7. The van der Waals surface area contributed by atoms with Crippen LogP contribution >= 0.6 is 0 Å². The minimum Gasteiger partial charge on any atom is -0.444 e. The van der Waals surface area contributed by atoms with Crippen molar-refractivity contribution in [3.63, 3.8) is 0 Å². The van der Waals surface area contributed by atoms with E-state index in [1.54, 1.807) is 12.1 Å². The molecule has 1 aromatic carbocycles. The van der Waals surface area contributed by atoms with Crippen molar-refractivity contribution in [1.82, 2.24) is 10.6 Å². The minimum atomic E-state index is -0.516. The van der Waals surface area contributed by atoms with Crippen LogP contribution in [0.15, 0.2) is 24.3 Å². The molecule has 0 bridgehead atoms. The second kappa shape index (κ2) is 8.13. The molecule has 0 saturated heterocycles. The number of carbonyl (C=O) groups excluding carboxylic acids is 1. The zero-order valence-electron chi connectivity index (χ0n) is 14.1. The number of carbonyl (C=O) groups is 1. The van der Waals surface area contributed by atoms with Crippen LogP contribution in [0.1, 0.15) is 40.2 Å². The van der Waals surface area contributed by atoms with Crippen LogP contribution < -0.4 is 10.6 Å². The van der Waals surface area contributed by atoms with Gasteiger partial charge in [-0.2, -0.15) is 0 Å². The van der Waals surface area contributed by atoms with E-state index in [2.05, 4.69) is 24.5 Å². The Bertz CT molecular complexity index is 484. The fraction of sp³-hybridized carbons (Fsp3) is 0.588. The van der Waals surface area contributed by atoms with Crippen molar-refractivity contribution in [3.8, 4) is 0 Å². The standard InChI is InChI=1S/C17H27FN2O2/c1-12(2)15(11-20-16(21)22-17(3,4)5)19-10-13-8-6-7-9-14(13)18/h6-9,12,15,19H,10-11H2,1-5H3,(H,20,21). The molecule has 0 radical (unpaired) electrons. The molecule has 1 aromatic rings. The molecule has 22 heavy (non-hydrogen) atoms. The molecule has 1 rings (SSSR count). The molecule has 0 aromatic heterocycles. The van der Waals surface area contributed by atoms with Gasteiger partial charge in [-0.3, -0.25) is 0 Å². The molecular weight excluding hydrogens is 283 g/mol. The number of hydrogen-bond acceptors (Lipinski definition) is 3. The maximum atomic E-state index is 13.6. The molecule has 2 N–H and O–H groups in total. The quantitative estimate of drug-likeness (QED) is 0.846. The van der Waals surface area contributed by atoms with E-state index in [1.807, 2.05) is 26.8 Å². The largest absolute Gasteiger partial charge is 0.444 e. The highest BCUT2D eigenvalue weighted by Gasteiger charge is 2.19. The van der Waals surface area contributed by atoms with Gasteiger partial charge >= 0.3 is 6.09 Å². The van der Waals surface area contributed by atoms with E-state index in [0.29, 0.717) is 24.6 Å². The number of halogens is 1. The first kappa shape index (κ1) is 18.4.